The molecule has 1 heterocycles. The molecule has 0 unspecified atom stereocenters. The van der Waals surface area contributed by atoms with Crippen molar-refractivity contribution in [3.05, 3.63) is 23.7 Å². The molecule has 0 bridgehead atoms. The Labute approximate surface area is 71.9 Å². The van der Waals surface area contributed by atoms with Gasteiger partial charge in [0.25, 0.3) is 0 Å². The number of allylic oxidation sites excluding steroid dienone is 1. The highest BCUT2D eigenvalue weighted by Gasteiger charge is 2.10. The van der Waals surface area contributed by atoms with E-state index in [4.69, 9.17) is 10.5 Å². The monoisotopic (exact) mass is 170 g/mol. The van der Waals surface area contributed by atoms with Crippen LogP contribution in [-0.4, -0.2) is 36.8 Å². The van der Waals surface area contributed by atoms with Crippen LogP contribution in [0.1, 0.15) is 0 Å². The lowest BCUT2D eigenvalue weighted by molar-refractivity contribution is 0.136. The number of aliphatic hydroxyl groups excluding tert-OH is 1. The highest BCUT2D eigenvalue weighted by atomic mass is 16.5. The summed E-state index contributed by atoms with van der Waals surface area (Å²) in [6.07, 6.45) is 3.40. The van der Waals surface area contributed by atoms with Crippen molar-refractivity contribution in [2.75, 3.05) is 26.8 Å². The molecule has 0 fully saturated rings. The first-order valence-electron chi connectivity index (χ1n) is 3.84. The third-order valence-electron chi connectivity index (χ3n) is 1.73. The van der Waals surface area contributed by atoms with Crippen molar-refractivity contribution in [1.29, 1.82) is 0 Å². The summed E-state index contributed by atoms with van der Waals surface area (Å²) in [6.45, 7) is 1.94. The van der Waals surface area contributed by atoms with Gasteiger partial charge in [0, 0.05) is 32.0 Å². The second-order valence-electron chi connectivity index (χ2n) is 2.65. The molecule has 0 saturated heterocycles. The average Bonchev–Trinajstić information content (AvgIpc) is 2.03. The molecular formula is C8H14N2O2. The zero-order valence-corrected chi connectivity index (χ0v) is 7.16. The van der Waals surface area contributed by atoms with Gasteiger partial charge in [0.05, 0.1) is 6.61 Å². The zero-order valence-electron chi connectivity index (χ0n) is 7.16. The summed E-state index contributed by atoms with van der Waals surface area (Å²) in [5, 5.41) is 9.38. The number of ether oxygens (including phenoxy) is 1. The third-order valence-corrected chi connectivity index (χ3v) is 1.73. The number of hydrogen-bond donors (Lipinski definition) is 2. The predicted octanol–water partition coefficient (Wildman–Crippen LogP) is 0.190. The molecule has 0 radical (unpaired) electrons. The fourth-order valence-electron chi connectivity index (χ4n) is 1.02. The molecule has 0 aromatic carbocycles. The van der Waals surface area contributed by atoms with E-state index in [2.05, 4.69) is 0 Å². The summed E-state index contributed by atoms with van der Waals surface area (Å²) in [5.41, 5.74) is 6.10. The minimum absolute atomic E-state index is 0.215. The van der Waals surface area contributed by atoms with E-state index < -0.39 is 0 Å². The maximum atomic E-state index is 9.38. The molecular weight excluding hydrogens is 156 g/mol. The Morgan fingerprint density at radius 2 is 2.50 bits per heavy atom. The third kappa shape index (κ3) is 2.17. The largest absolute Gasteiger partial charge is 0.495 e. The van der Waals surface area contributed by atoms with Gasteiger partial charge in [-0.1, -0.05) is 0 Å². The van der Waals surface area contributed by atoms with Gasteiger partial charge in [-0.25, -0.2) is 0 Å². The lowest BCUT2D eigenvalue weighted by Gasteiger charge is -2.24. The molecule has 0 saturated carbocycles. The zero-order chi connectivity index (χ0) is 8.97. The van der Waals surface area contributed by atoms with Crippen LogP contribution in [0.2, 0.25) is 0 Å². The molecule has 68 valence electrons. The molecule has 4 heteroatoms. The van der Waals surface area contributed by atoms with Crippen LogP contribution >= 0.6 is 0 Å². The van der Waals surface area contributed by atoms with Crippen molar-refractivity contribution in [1.82, 2.24) is 4.90 Å². The summed E-state index contributed by atoms with van der Waals surface area (Å²) >= 11 is 0. The molecule has 1 rings (SSSR count). The van der Waals surface area contributed by atoms with Crippen LogP contribution in [0.3, 0.4) is 0 Å². The molecule has 0 aromatic heterocycles. The number of methoxy groups -OCH3 is 1. The number of nitrogens with two attached hydrogens (primary N) is 1. The van der Waals surface area contributed by atoms with Crippen molar-refractivity contribution in [2.45, 2.75) is 0 Å². The molecule has 0 aromatic rings. The highest BCUT2D eigenvalue weighted by molar-refractivity contribution is 5.21. The van der Waals surface area contributed by atoms with Crippen molar-refractivity contribution in [3.8, 4) is 0 Å². The maximum absolute atomic E-state index is 9.38. The van der Waals surface area contributed by atoms with Crippen molar-refractivity contribution in [2.24, 2.45) is 5.73 Å². The minimum atomic E-state index is 0.215. The second-order valence-corrected chi connectivity index (χ2v) is 2.65. The van der Waals surface area contributed by atoms with Crippen LogP contribution in [0.15, 0.2) is 23.7 Å². The van der Waals surface area contributed by atoms with Crippen LogP contribution in [0.4, 0.5) is 0 Å². The SMILES string of the molecule is COCCN1CC=C(N)C=C1O. The number of nitrogens with zero attached hydrogens (tertiary/aromatic N) is 1. The number of aliphatic hydroxyl groups is 1. The summed E-state index contributed by atoms with van der Waals surface area (Å²) in [7, 11) is 1.63. The van der Waals surface area contributed by atoms with Crippen LogP contribution in [-0.2, 0) is 4.74 Å². The molecule has 0 aliphatic carbocycles. The first kappa shape index (κ1) is 8.93. The summed E-state index contributed by atoms with van der Waals surface area (Å²) in [6, 6.07) is 0. The molecule has 0 atom stereocenters. The van der Waals surface area contributed by atoms with Crippen LogP contribution < -0.4 is 5.73 Å². The summed E-state index contributed by atoms with van der Waals surface area (Å²) in [4.78, 5) is 1.79. The molecule has 0 amide bonds. The van der Waals surface area contributed by atoms with E-state index in [1.165, 1.54) is 0 Å². The lowest BCUT2D eigenvalue weighted by Crippen LogP contribution is -2.30. The Balaban J connectivity index is 2.44. The van der Waals surface area contributed by atoms with Gasteiger partial charge in [-0.15, -0.1) is 0 Å². The van der Waals surface area contributed by atoms with E-state index in [1.807, 2.05) is 6.08 Å². The Bertz CT molecular complexity index is 211. The molecule has 1 aliphatic heterocycles. The smallest absolute Gasteiger partial charge is 0.189 e. The molecule has 1 aliphatic rings. The van der Waals surface area contributed by atoms with Gasteiger partial charge in [0.1, 0.15) is 0 Å². The fourth-order valence-corrected chi connectivity index (χ4v) is 1.02. The normalized spacial score (nSPS) is 17.2. The van der Waals surface area contributed by atoms with E-state index in [-0.39, 0.29) is 5.88 Å². The second kappa shape index (κ2) is 4.01. The number of hydrogen-bond acceptors (Lipinski definition) is 4. The Morgan fingerprint density at radius 1 is 1.75 bits per heavy atom. The summed E-state index contributed by atoms with van der Waals surface area (Å²) < 4.78 is 4.89. The topological polar surface area (TPSA) is 58.7 Å². The standard InChI is InChI=1S/C8H14N2O2/c1-12-5-4-10-3-2-7(9)6-8(10)11/h2,6,11H,3-5,9H2,1H3. The molecule has 3 N–H and O–H groups in total. The van der Waals surface area contributed by atoms with Gasteiger partial charge < -0.3 is 20.5 Å². The van der Waals surface area contributed by atoms with E-state index >= 15 is 0 Å². The number of rotatable bonds is 3. The van der Waals surface area contributed by atoms with Gasteiger partial charge >= 0.3 is 0 Å². The Morgan fingerprint density at radius 3 is 3.08 bits per heavy atom. The van der Waals surface area contributed by atoms with Gasteiger partial charge in [-0.2, -0.15) is 0 Å². The lowest BCUT2D eigenvalue weighted by atomic mass is 10.3. The van der Waals surface area contributed by atoms with E-state index in [0.717, 1.165) is 0 Å². The van der Waals surface area contributed by atoms with Crippen molar-refractivity contribution >= 4 is 0 Å². The van der Waals surface area contributed by atoms with Crippen LogP contribution in [0.25, 0.3) is 0 Å². The molecule has 0 spiro atoms. The minimum Gasteiger partial charge on any atom is -0.495 e. The van der Waals surface area contributed by atoms with Crippen LogP contribution in [0, 0.1) is 0 Å². The fraction of sp³-hybridized carbons (Fsp3) is 0.500. The van der Waals surface area contributed by atoms with E-state index in [9.17, 15) is 5.11 Å². The van der Waals surface area contributed by atoms with Gasteiger partial charge in [-0.05, 0) is 6.08 Å². The first-order chi connectivity index (χ1) is 5.74. The van der Waals surface area contributed by atoms with Crippen molar-refractivity contribution < 1.29 is 9.84 Å². The van der Waals surface area contributed by atoms with Gasteiger partial charge in [-0.3, -0.25) is 0 Å². The molecule has 12 heavy (non-hydrogen) atoms. The Hall–Kier alpha value is -1.16. The summed E-state index contributed by atoms with van der Waals surface area (Å²) in [5.74, 6) is 0.215. The average molecular weight is 170 g/mol. The van der Waals surface area contributed by atoms with Gasteiger partial charge in [0.15, 0.2) is 5.88 Å². The van der Waals surface area contributed by atoms with Gasteiger partial charge in [0.2, 0.25) is 0 Å². The highest BCUT2D eigenvalue weighted by Crippen LogP contribution is 2.08. The quantitative estimate of drug-likeness (QED) is 0.635. The predicted molar refractivity (Wildman–Crippen MR) is 46.4 cm³/mol. The van der Waals surface area contributed by atoms with E-state index in [0.29, 0.717) is 25.4 Å². The molecule has 4 nitrogen and oxygen atoms in total. The Kier molecular flexibility index (Phi) is 2.99. The van der Waals surface area contributed by atoms with E-state index in [1.54, 1.807) is 18.1 Å². The first-order valence-corrected chi connectivity index (χ1v) is 3.84. The maximum Gasteiger partial charge on any atom is 0.189 e. The van der Waals surface area contributed by atoms with Crippen LogP contribution in [0.5, 0.6) is 0 Å². The van der Waals surface area contributed by atoms with Crippen molar-refractivity contribution in [3.63, 3.8) is 0 Å².